The third kappa shape index (κ3) is 5.05. The highest BCUT2D eigenvalue weighted by Gasteiger charge is 2.27. The molecule has 160 valence electrons. The van der Waals surface area contributed by atoms with Crippen molar-refractivity contribution in [3.63, 3.8) is 0 Å². The van der Waals surface area contributed by atoms with Gasteiger partial charge in [0.2, 0.25) is 5.91 Å². The second-order valence-electron chi connectivity index (χ2n) is 6.67. The first-order valence-corrected chi connectivity index (χ1v) is 9.30. The van der Waals surface area contributed by atoms with E-state index in [4.69, 9.17) is 9.47 Å². The van der Waals surface area contributed by atoms with Gasteiger partial charge in [0.25, 0.3) is 11.6 Å². The molecule has 0 bridgehead atoms. The van der Waals surface area contributed by atoms with Crippen LogP contribution >= 0.6 is 0 Å². The standard InChI is InChI=1S/C21H25N3O6/c1-6-30-19-10-15(17(24(27)28)11-18(19)29-5)21(26)23(4)12-20(25)22-16-9-7-8-13(2)14(16)3/h7-11H,6,12H2,1-5H3,(H,22,25). The molecule has 0 saturated heterocycles. The van der Waals surface area contributed by atoms with Crippen molar-refractivity contribution in [2.45, 2.75) is 20.8 Å². The lowest BCUT2D eigenvalue weighted by atomic mass is 10.1. The van der Waals surface area contributed by atoms with Crippen molar-refractivity contribution in [3.05, 3.63) is 57.1 Å². The third-order valence-corrected chi connectivity index (χ3v) is 4.62. The molecular weight excluding hydrogens is 390 g/mol. The van der Waals surface area contributed by atoms with Gasteiger partial charge >= 0.3 is 0 Å². The minimum atomic E-state index is -0.679. The first-order chi connectivity index (χ1) is 14.2. The summed E-state index contributed by atoms with van der Waals surface area (Å²) in [5, 5.41) is 14.2. The van der Waals surface area contributed by atoms with Crippen molar-refractivity contribution < 1.29 is 24.0 Å². The van der Waals surface area contributed by atoms with E-state index in [-0.39, 0.29) is 30.2 Å². The largest absolute Gasteiger partial charge is 0.493 e. The second-order valence-corrected chi connectivity index (χ2v) is 6.67. The van der Waals surface area contributed by atoms with Gasteiger partial charge in [0.05, 0.1) is 31.3 Å². The Morgan fingerprint density at radius 1 is 1.20 bits per heavy atom. The molecule has 2 rings (SSSR count). The lowest BCUT2D eigenvalue weighted by Gasteiger charge is -2.19. The van der Waals surface area contributed by atoms with Gasteiger partial charge in [-0.3, -0.25) is 19.7 Å². The molecule has 0 aliphatic carbocycles. The highest BCUT2D eigenvalue weighted by atomic mass is 16.6. The highest BCUT2D eigenvalue weighted by molar-refractivity contribution is 6.02. The summed E-state index contributed by atoms with van der Waals surface area (Å²) in [5.41, 5.74) is 1.98. The highest BCUT2D eigenvalue weighted by Crippen LogP contribution is 2.35. The number of nitro groups is 1. The Kier molecular flexibility index (Phi) is 7.35. The zero-order valence-electron chi connectivity index (χ0n) is 17.6. The van der Waals surface area contributed by atoms with Crippen LogP contribution in [0.3, 0.4) is 0 Å². The number of carbonyl (C=O) groups excluding carboxylic acids is 2. The zero-order valence-corrected chi connectivity index (χ0v) is 17.6. The number of ether oxygens (including phenoxy) is 2. The third-order valence-electron chi connectivity index (χ3n) is 4.62. The maximum absolute atomic E-state index is 12.9. The molecular formula is C21H25N3O6. The number of likely N-dealkylation sites (N-methyl/N-ethyl adjacent to an activating group) is 1. The van der Waals surface area contributed by atoms with Crippen LogP contribution in [0, 0.1) is 24.0 Å². The predicted octanol–water partition coefficient (Wildman–Crippen LogP) is 3.33. The van der Waals surface area contributed by atoms with E-state index in [0.29, 0.717) is 5.69 Å². The number of amides is 2. The summed E-state index contributed by atoms with van der Waals surface area (Å²) in [5.74, 6) is -0.736. The minimum absolute atomic E-state index is 0.149. The molecule has 2 aromatic carbocycles. The molecule has 2 amide bonds. The molecule has 0 radical (unpaired) electrons. The quantitative estimate of drug-likeness (QED) is 0.523. The van der Waals surface area contributed by atoms with Crippen LogP contribution in [0.4, 0.5) is 11.4 Å². The van der Waals surface area contributed by atoms with Crippen LogP contribution in [0.15, 0.2) is 30.3 Å². The van der Waals surface area contributed by atoms with Gasteiger partial charge in [0, 0.05) is 18.8 Å². The van der Waals surface area contributed by atoms with Crippen molar-refractivity contribution in [1.29, 1.82) is 0 Å². The van der Waals surface area contributed by atoms with Crippen LogP contribution in [0.2, 0.25) is 0 Å². The maximum Gasteiger partial charge on any atom is 0.286 e. The fourth-order valence-corrected chi connectivity index (χ4v) is 2.87. The van der Waals surface area contributed by atoms with Crippen molar-refractivity contribution in [2.75, 3.05) is 32.6 Å². The first kappa shape index (κ1) is 22.7. The molecule has 2 aromatic rings. The molecule has 0 unspecified atom stereocenters. The fraction of sp³-hybridized carbons (Fsp3) is 0.333. The number of rotatable bonds is 8. The zero-order chi connectivity index (χ0) is 22.4. The van der Waals surface area contributed by atoms with E-state index in [1.807, 2.05) is 26.0 Å². The topological polar surface area (TPSA) is 111 Å². The minimum Gasteiger partial charge on any atom is -0.493 e. The number of hydrogen-bond acceptors (Lipinski definition) is 6. The summed E-state index contributed by atoms with van der Waals surface area (Å²) in [6.45, 7) is 5.57. The summed E-state index contributed by atoms with van der Waals surface area (Å²) < 4.78 is 10.5. The molecule has 9 heteroatoms. The van der Waals surface area contributed by atoms with E-state index in [1.165, 1.54) is 20.2 Å². The molecule has 0 aliphatic rings. The van der Waals surface area contributed by atoms with Gasteiger partial charge in [-0.1, -0.05) is 12.1 Å². The molecule has 30 heavy (non-hydrogen) atoms. The SMILES string of the molecule is CCOc1cc(C(=O)N(C)CC(=O)Nc2cccc(C)c2C)c([N+](=O)[O-])cc1OC. The van der Waals surface area contributed by atoms with Crippen molar-refractivity contribution in [2.24, 2.45) is 0 Å². The summed E-state index contributed by atoms with van der Waals surface area (Å²) >= 11 is 0. The van der Waals surface area contributed by atoms with Gasteiger partial charge in [-0.05, 0) is 38.0 Å². The predicted molar refractivity (Wildman–Crippen MR) is 112 cm³/mol. The Morgan fingerprint density at radius 3 is 2.50 bits per heavy atom. The van der Waals surface area contributed by atoms with Gasteiger partial charge in [0.1, 0.15) is 5.56 Å². The van der Waals surface area contributed by atoms with E-state index in [0.717, 1.165) is 22.1 Å². The van der Waals surface area contributed by atoms with E-state index in [2.05, 4.69) is 5.32 Å². The number of nitrogens with zero attached hydrogens (tertiary/aromatic N) is 2. The smallest absolute Gasteiger partial charge is 0.286 e. The number of carbonyl (C=O) groups is 2. The molecule has 9 nitrogen and oxygen atoms in total. The fourth-order valence-electron chi connectivity index (χ4n) is 2.87. The Hall–Kier alpha value is -3.62. The molecule has 0 aromatic heterocycles. The summed E-state index contributed by atoms with van der Waals surface area (Å²) in [6.07, 6.45) is 0. The number of benzene rings is 2. The van der Waals surface area contributed by atoms with Crippen LogP contribution < -0.4 is 14.8 Å². The summed E-state index contributed by atoms with van der Waals surface area (Å²) in [4.78, 5) is 37.2. The number of nitro benzene ring substituents is 1. The Bertz CT molecular complexity index is 973. The summed E-state index contributed by atoms with van der Waals surface area (Å²) in [6, 6.07) is 7.93. The number of methoxy groups -OCH3 is 1. The van der Waals surface area contributed by atoms with Gasteiger partial charge < -0.3 is 19.7 Å². The van der Waals surface area contributed by atoms with Gasteiger partial charge in [-0.25, -0.2) is 0 Å². The van der Waals surface area contributed by atoms with E-state index < -0.39 is 22.4 Å². The Labute approximate surface area is 174 Å². The molecule has 0 heterocycles. The van der Waals surface area contributed by atoms with Gasteiger partial charge in [-0.15, -0.1) is 0 Å². The number of hydrogen-bond donors (Lipinski definition) is 1. The molecule has 0 spiro atoms. The van der Waals surface area contributed by atoms with Crippen LogP contribution in [-0.4, -0.2) is 48.9 Å². The van der Waals surface area contributed by atoms with Crippen molar-refractivity contribution in [1.82, 2.24) is 4.90 Å². The first-order valence-electron chi connectivity index (χ1n) is 9.30. The molecule has 0 atom stereocenters. The van der Waals surface area contributed by atoms with Crippen LogP contribution in [0.5, 0.6) is 11.5 Å². The molecule has 0 fully saturated rings. The van der Waals surface area contributed by atoms with Crippen molar-refractivity contribution >= 4 is 23.2 Å². The van der Waals surface area contributed by atoms with Crippen LogP contribution in [0.25, 0.3) is 0 Å². The monoisotopic (exact) mass is 415 g/mol. The maximum atomic E-state index is 12.9. The van der Waals surface area contributed by atoms with Crippen molar-refractivity contribution in [3.8, 4) is 11.5 Å². The number of aryl methyl sites for hydroxylation is 1. The average molecular weight is 415 g/mol. The van der Waals surface area contributed by atoms with E-state index in [9.17, 15) is 19.7 Å². The molecule has 0 aliphatic heterocycles. The lowest BCUT2D eigenvalue weighted by molar-refractivity contribution is -0.385. The van der Waals surface area contributed by atoms with E-state index >= 15 is 0 Å². The Balaban J connectivity index is 2.26. The van der Waals surface area contributed by atoms with Gasteiger partial charge in [0.15, 0.2) is 11.5 Å². The molecule has 1 N–H and O–H groups in total. The lowest BCUT2D eigenvalue weighted by Crippen LogP contribution is -2.35. The second kappa shape index (κ2) is 9.73. The summed E-state index contributed by atoms with van der Waals surface area (Å²) in [7, 11) is 2.76. The average Bonchev–Trinajstić information content (AvgIpc) is 2.70. The number of nitrogens with one attached hydrogen (secondary N) is 1. The Morgan fingerprint density at radius 2 is 1.90 bits per heavy atom. The van der Waals surface area contributed by atoms with Crippen LogP contribution in [-0.2, 0) is 4.79 Å². The molecule has 0 saturated carbocycles. The van der Waals surface area contributed by atoms with Gasteiger partial charge in [-0.2, -0.15) is 0 Å². The van der Waals surface area contributed by atoms with Crippen LogP contribution in [0.1, 0.15) is 28.4 Å². The normalized spacial score (nSPS) is 10.3. The van der Waals surface area contributed by atoms with E-state index in [1.54, 1.807) is 13.0 Å². The number of anilines is 1.